The molecule has 0 unspecified atom stereocenters. The summed E-state index contributed by atoms with van der Waals surface area (Å²) in [7, 11) is 0. The molecule has 0 aliphatic carbocycles. The summed E-state index contributed by atoms with van der Waals surface area (Å²) in [5, 5.41) is 0. The second-order valence-corrected chi connectivity index (χ2v) is 4.61. The van der Waals surface area contributed by atoms with Gasteiger partial charge in [0.15, 0.2) is 6.61 Å². The van der Waals surface area contributed by atoms with E-state index in [-0.39, 0.29) is 12.5 Å². The summed E-state index contributed by atoms with van der Waals surface area (Å²) >= 11 is 0. The first-order valence-corrected chi connectivity index (χ1v) is 6.22. The van der Waals surface area contributed by atoms with Crippen molar-refractivity contribution < 1.29 is 14.3 Å². The highest BCUT2D eigenvalue weighted by atomic mass is 16.5. The van der Waals surface area contributed by atoms with Crippen LogP contribution in [0.1, 0.15) is 11.1 Å². The lowest BCUT2D eigenvalue weighted by atomic mass is 10.1. The van der Waals surface area contributed by atoms with Gasteiger partial charge in [-0.15, -0.1) is 0 Å². The van der Waals surface area contributed by atoms with Crippen molar-refractivity contribution in [2.24, 2.45) is 0 Å². The standard InChI is InChI=1S/C14H19NO3/c1-11-7-12(2)9-13(8-11)18-10-14(16)15-3-5-17-6-4-15/h7-9H,3-6,10H2,1-2H3. The molecular formula is C14H19NO3. The van der Waals surface area contributed by atoms with Crippen LogP contribution < -0.4 is 4.74 Å². The van der Waals surface area contributed by atoms with Gasteiger partial charge in [-0.25, -0.2) is 0 Å². The van der Waals surface area contributed by atoms with E-state index < -0.39 is 0 Å². The van der Waals surface area contributed by atoms with Crippen LogP contribution in [0, 0.1) is 13.8 Å². The minimum absolute atomic E-state index is 0.0254. The van der Waals surface area contributed by atoms with Crippen LogP contribution >= 0.6 is 0 Å². The first-order chi connectivity index (χ1) is 8.65. The van der Waals surface area contributed by atoms with Gasteiger partial charge in [0.25, 0.3) is 5.91 Å². The van der Waals surface area contributed by atoms with Crippen molar-refractivity contribution in [2.45, 2.75) is 13.8 Å². The van der Waals surface area contributed by atoms with Crippen LogP contribution in [0.2, 0.25) is 0 Å². The third-order valence-electron chi connectivity index (χ3n) is 2.92. The minimum Gasteiger partial charge on any atom is -0.484 e. The van der Waals surface area contributed by atoms with Crippen molar-refractivity contribution in [3.63, 3.8) is 0 Å². The van der Waals surface area contributed by atoms with Crippen molar-refractivity contribution in [3.8, 4) is 5.75 Å². The molecule has 0 spiro atoms. The summed E-state index contributed by atoms with van der Waals surface area (Å²) in [6.45, 7) is 6.70. The van der Waals surface area contributed by atoms with E-state index in [2.05, 4.69) is 6.07 Å². The molecule has 0 radical (unpaired) electrons. The molecule has 1 fully saturated rings. The highest BCUT2D eigenvalue weighted by Crippen LogP contribution is 2.16. The Labute approximate surface area is 107 Å². The Morgan fingerprint density at radius 1 is 1.22 bits per heavy atom. The molecule has 4 heteroatoms. The van der Waals surface area contributed by atoms with Gasteiger partial charge in [-0.1, -0.05) is 6.07 Å². The molecule has 0 bridgehead atoms. The van der Waals surface area contributed by atoms with Crippen LogP contribution in [0.25, 0.3) is 0 Å². The molecule has 1 aliphatic rings. The molecular weight excluding hydrogens is 230 g/mol. The molecule has 1 saturated heterocycles. The quantitative estimate of drug-likeness (QED) is 0.815. The largest absolute Gasteiger partial charge is 0.484 e. The number of carbonyl (C=O) groups excluding carboxylic acids is 1. The van der Waals surface area contributed by atoms with Gasteiger partial charge in [-0.2, -0.15) is 0 Å². The van der Waals surface area contributed by atoms with Crippen molar-refractivity contribution in [2.75, 3.05) is 32.9 Å². The zero-order valence-corrected chi connectivity index (χ0v) is 10.9. The van der Waals surface area contributed by atoms with Crippen molar-refractivity contribution in [1.82, 2.24) is 4.90 Å². The van der Waals surface area contributed by atoms with Crippen LogP contribution in [0.5, 0.6) is 5.75 Å². The smallest absolute Gasteiger partial charge is 0.260 e. The van der Waals surface area contributed by atoms with Gasteiger partial charge in [-0.3, -0.25) is 4.79 Å². The molecule has 1 amide bonds. The molecule has 18 heavy (non-hydrogen) atoms. The van der Waals surface area contributed by atoms with E-state index in [9.17, 15) is 4.79 Å². The van der Waals surface area contributed by atoms with E-state index in [0.717, 1.165) is 16.9 Å². The molecule has 0 atom stereocenters. The first kappa shape index (κ1) is 12.9. The number of rotatable bonds is 3. The molecule has 0 aromatic heterocycles. The summed E-state index contributed by atoms with van der Waals surface area (Å²) in [6, 6.07) is 5.97. The number of benzene rings is 1. The van der Waals surface area contributed by atoms with Crippen LogP contribution in [-0.2, 0) is 9.53 Å². The molecule has 1 heterocycles. The summed E-state index contributed by atoms with van der Waals surface area (Å²) < 4.78 is 10.8. The normalized spacial score (nSPS) is 15.6. The van der Waals surface area contributed by atoms with Crippen LogP contribution in [0.15, 0.2) is 18.2 Å². The van der Waals surface area contributed by atoms with E-state index in [1.54, 1.807) is 4.90 Å². The fourth-order valence-electron chi connectivity index (χ4n) is 2.07. The molecule has 2 rings (SSSR count). The number of hydrogen-bond acceptors (Lipinski definition) is 3. The topological polar surface area (TPSA) is 38.8 Å². The Kier molecular flexibility index (Phi) is 4.20. The third-order valence-corrected chi connectivity index (χ3v) is 2.92. The third kappa shape index (κ3) is 3.47. The highest BCUT2D eigenvalue weighted by molar-refractivity contribution is 5.77. The summed E-state index contributed by atoms with van der Waals surface area (Å²) in [5.74, 6) is 0.784. The predicted octanol–water partition coefficient (Wildman–Crippen LogP) is 1.54. The lowest BCUT2D eigenvalue weighted by molar-refractivity contribution is -0.137. The van der Waals surface area contributed by atoms with E-state index in [1.807, 2.05) is 26.0 Å². The van der Waals surface area contributed by atoms with E-state index >= 15 is 0 Å². The first-order valence-electron chi connectivity index (χ1n) is 6.22. The summed E-state index contributed by atoms with van der Waals surface area (Å²) in [5.41, 5.74) is 2.28. The zero-order valence-electron chi connectivity index (χ0n) is 10.9. The Morgan fingerprint density at radius 2 is 1.83 bits per heavy atom. The molecule has 4 nitrogen and oxygen atoms in total. The van der Waals surface area contributed by atoms with E-state index in [1.165, 1.54) is 0 Å². The van der Waals surface area contributed by atoms with Gasteiger partial charge in [0, 0.05) is 13.1 Å². The molecule has 0 saturated carbocycles. The maximum atomic E-state index is 11.9. The Hall–Kier alpha value is -1.55. The van der Waals surface area contributed by atoms with Gasteiger partial charge in [0.1, 0.15) is 5.75 Å². The zero-order chi connectivity index (χ0) is 13.0. The number of morpholine rings is 1. The number of carbonyl (C=O) groups is 1. The van der Waals surface area contributed by atoms with Crippen molar-refractivity contribution in [3.05, 3.63) is 29.3 Å². The lowest BCUT2D eigenvalue weighted by Crippen LogP contribution is -2.42. The second kappa shape index (κ2) is 5.87. The van der Waals surface area contributed by atoms with Gasteiger partial charge in [0.2, 0.25) is 0 Å². The Bertz CT molecular complexity index is 405. The molecule has 1 aliphatic heterocycles. The average Bonchev–Trinajstić information content (AvgIpc) is 2.36. The molecule has 98 valence electrons. The van der Waals surface area contributed by atoms with Crippen LogP contribution in [0.4, 0.5) is 0 Å². The van der Waals surface area contributed by atoms with Gasteiger partial charge in [0.05, 0.1) is 13.2 Å². The molecule has 1 aromatic rings. The Balaban J connectivity index is 1.88. The highest BCUT2D eigenvalue weighted by Gasteiger charge is 2.17. The van der Waals surface area contributed by atoms with Crippen LogP contribution in [-0.4, -0.2) is 43.7 Å². The lowest BCUT2D eigenvalue weighted by Gasteiger charge is -2.26. The van der Waals surface area contributed by atoms with Crippen LogP contribution in [0.3, 0.4) is 0 Å². The van der Waals surface area contributed by atoms with Gasteiger partial charge in [-0.05, 0) is 37.1 Å². The number of aryl methyl sites for hydroxylation is 2. The predicted molar refractivity (Wildman–Crippen MR) is 68.8 cm³/mol. The number of hydrogen-bond donors (Lipinski definition) is 0. The van der Waals surface area contributed by atoms with E-state index in [0.29, 0.717) is 26.3 Å². The van der Waals surface area contributed by atoms with Crippen molar-refractivity contribution in [1.29, 1.82) is 0 Å². The number of amides is 1. The number of ether oxygens (including phenoxy) is 2. The van der Waals surface area contributed by atoms with Gasteiger partial charge < -0.3 is 14.4 Å². The fourth-order valence-corrected chi connectivity index (χ4v) is 2.07. The maximum Gasteiger partial charge on any atom is 0.260 e. The maximum absolute atomic E-state index is 11.9. The number of nitrogens with zero attached hydrogens (tertiary/aromatic N) is 1. The van der Waals surface area contributed by atoms with Gasteiger partial charge >= 0.3 is 0 Å². The summed E-state index contributed by atoms with van der Waals surface area (Å²) in [6.07, 6.45) is 0. The second-order valence-electron chi connectivity index (χ2n) is 4.61. The average molecular weight is 249 g/mol. The monoisotopic (exact) mass is 249 g/mol. The Morgan fingerprint density at radius 3 is 2.44 bits per heavy atom. The summed E-state index contributed by atoms with van der Waals surface area (Å²) in [4.78, 5) is 13.7. The van der Waals surface area contributed by atoms with E-state index in [4.69, 9.17) is 9.47 Å². The SMILES string of the molecule is Cc1cc(C)cc(OCC(=O)N2CCOCC2)c1. The van der Waals surface area contributed by atoms with Crippen molar-refractivity contribution >= 4 is 5.91 Å². The fraction of sp³-hybridized carbons (Fsp3) is 0.500. The molecule has 1 aromatic carbocycles. The molecule has 0 N–H and O–H groups in total. The minimum atomic E-state index is 0.0254.